The molecule has 158 valence electrons. The molecule has 0 saturated heterocycles. The van der Waals surface area contributed by atoms with Crippen LogP contribution >= 0.6 is 0 Å². The van der Waals surface area contributed by atoms with Crippen molar-refractivity contribution in [1.29, 1.82) is 0 Å². The van der Waals surface area contributed by atoms with Gasteiger partial charge in [0.15, 0.2) is 0 Å². The van der Waals surface area contributed by atoms with Gasteiger partial charge in [-0.25, -0.2) is 9.59 Å². The van der Waals surface area contributed by atoms with Crippen LogP contribution in [0.25, 0.3) is 0 Å². The quantitative estimate of drug-likeness (QED) is 0.331. The van der Waals surface area contributed by atoms with Gasteiger partial charge in [-0.2, -0.15) is 0 Å². The highest BCUT2D eigenvalue weighted by Gasteiger charge is 2.13. The first-order valence-corrected chi connectivity index (χ1v) is 10.3. The third kappa shape index (κ3) is 7.60. The van der Waals surface area contributed by atoms with Gasteiger partial charge >= 0.3 is 11.7 Å². The average molecular weight is 402 g/mol. The van der Waals surface area contributed by atoms with Crippen molar-refractivity contribution in [3.63, 3.8) is 0 Å². The Bertz CT molecular complexity index is 839. The summed E-state index contributed by atoms with van der Waals surface area (Å²) < 4.78 is 1.62. The summed E-state index contributed by atoms with van der Waals surface area (Å²) in [6.07, 6.45) is 7.43. The summed E-state index contributed by atoms with van der Waals surface area (Å²) >= 11 is 0. The summed E-state index contributed by atoms with van der Waals surface area (Å²) in [4.78, 5) is 36.1. The Labute approximate surface area is 170 Å². The molecular formula is C22H30N2O5. The van der Waals surface area contributed by atoms with Crippen LogP contribution in [0.1, 0.15) is 62.6 Å². The summed E-state index contributed by atoms with van der Waals surface area (Å²) in [5.41, 5.74) is 1.65. The first-order valence-electron chi connectivity index (χ1n) is 10.3. The van der Waals surface area contributed by atoms with Crippen LogP contribution in [0.4, 0.5) is 0 Å². The van der Waals surface area contributed by atoms with E-state index in [1.807, 2.05) is 18.2 Å². The molecule has 1 aromatic heterocycles. The fourth-order valence-electron chi connectivity index (χ4n) is 3.44. The minimum atomic E-state index is -1.38. The van der Waals surface area contributed by atoms with Crippen LogP contribution < -0.4 is 5.69 Å². The minimum Gasteiger partial charge on any atom is -0.493 e. The van der Waals surface area contributed by atoms with Crippen LogP contribution in [0.15, 0.2) is 35.1 Å². The van der Waals surface area contributed by atoms with Crippen LogP contribution in [-0.4, -0.2) is 31.5 Å². The van der Waals surface area contributed by atoms with Gasteiger partial charge in [0.2, 0.25) is 11.7 Å². The maximum absolute atomic E-state index is 12.1. The van der Waals surface area contributed by atoms with Crippen molar-refractivity contribution in [2.45, 2.75) is 70.8 Å². The van der Waals surface area contributed by atoms with Crippen molar-refractivity contribution in [3.05, 3.63) is 52.1 Å². The van der Waals surface area contributed by atoms with Crippen molar-refractivity contribution in [2.75, 3.05) is 0 Å². The topological polar surface area (TPSA) is 112 Å². The van der Waals surface area contributed by atoms with Gasteiger partial charge in [0.25, 0.3) is 0 Å². The van der Waals surface area contributed by atoms with Gasteiger partial charge in [-0.1, -0.05) is 49.6 Å². The van der Waals surface area contributed by atoms with Gasteiger partial charge in [-0.15, -0.1) is 0 Å². The highest BCUT2D eigenvalue weighted by molar-refractivity contribution is 6.32. The maximum Gasteiger partial charge on any atom is 0.372 e. The number of imidazole rings is 1. The molecule has 0 aliphatic heterocycles. The lowest BCUT2D eigenvalue weighted by Crippen LogP contribution is -2.19. The fourth-order valence-corrected chi connectivity index (χ4v) is 3.44. The number of aromatic nitrogens is 2. The summed E-state index contributed by atoms with van der Waals surface area (Å²) in [5, 5.41) is 18.6. The number of aromatic amines is 1. The normalized spacial score (nSPS) is 10.9. The summed E-state index contributed by atoms with van der Waals surface area (Å²) in [5.74, 6) is -2.20. The van der Waals surface area contributed by atoms with E-state index in [0.29, 0.717) is 25.1 Å². The number of hydrogen-bond acceptors (Lipinski definition) is 4. The Morgan fingerprint density at radius 2 is 1.55 bits per heavy atom. The molecule has 0 saturated carbocycles. The van der Waals surface area contributed by atoms with Gasteiger partial charge < -0.3 is 10.2 Å². The van der Waals surface area contributed by atoms with Crippen LogP contribution in [0.3, 0.4) is 0 Å². The van der Waals surface area contributed by atoms with E-state index in [4.69, 9.17) is 5.11 Å². The Kier molecular flexibility index (Phi) is 9.21. The molecule has 0 amide bonds. The highest BCUT2D eigenvalue weighted by atomic mass is 16.4. The number of Topliss-reactive ketones (excluding diaryl/α,β-unsaturated/α-hetero) is 1. The molecule has 1 aromatic carbocycles. The van der Waals surface area contributed by atoms with Gasteiger partial charge in [-0.3, -0.25) is 14.3 Å². The molecule has 29 heavy (non-hydrogen) atoms. The SMILES string of the molecule is O=C(O)C(=O)CCCCCCc1c(O)[nH]c(=O)n1CCCCCc1ccccc1. The Balaban J connectivity index is 1.70. The summed E-state index contributed by atoms with van der Waals surface area (Å²) in [7, 11) is 0. The fraction of sp³-hybridized carbons (Fsp3) is 0.500. The number of H-pyrrole nitrogens is 1. The number of aryl methyl sites for hydroxylation is 1. The van der Waals surface area contributed by atoms with Crippen LogP contribution in [-0.2, 0) is 29.0 Å². The van der Waals surface area contributed by atoms with E-state index in [-0.39, 0.29) is 18.0 Å². The molecule has 0 atom stereocenters. The molecule has 1 heterocycles. The van der Waals surface area contributed by atoms with E-state index in [2.05, 4.69) is 17.1 Å². The molecule has 7 nitrogen and oxygen atoms in total. The molecule has 7 heteroatoms. The van der Waals surface area contributed by atoms with Gasteiger partial charge in [-0.05, 0) is 44.1 Å². The standard InChI is InChI=1S/C22H30N2O5/c25-19(21(27)28)15-9-2-1-8-14-18-20(26)23-22(29)24(18)16-10-4-7-13-17-11-5-3-6-12-17/h3,5-6,11-12,26H,1-2,4,7-10,13-16H2,(H,23,29)(H,27,28). The number of rotatable bonds is 14. The largest absolute Gasteiger partial charge is 0.493 e. The molecule has 2 aromatic rings. The molecule has 0 radical (unpaired) electrons. The maximum atomic E-state index is 12.1. The smallest absolute Gasteiger partial charge is 0.372 e. The number of carboxylic acids is 1. The third-order valence-corrected chi connectivity index (χ3v) is 5.07. The first-order chi connectivity index (χ1) is 14.0. The third-order valence-electron chi connectivity index (χ3n) is 5.07. The number of carboxylic acid groups (broad SMARTS) is 1. The molecule has 2 rings (SSSR count). The molecule has 3 N–H and O–H groups in total. The van der Waals surface area contributed by atoms with Crippen molar-refractivity contribution in [2.24, 2.45) is 0 Å². The van der Waals surface area contributed by atoms with Gasteiger partial charge in [0.1, 0.15) is 0 Å². The number of nitrogens with one attached hydrogen (secondary N) is 1. The van der Waals surface area contributed by atoms with E-state index in [1.165, 1.54) is 5.56 Å². The van der Waals surface area contributed by atoms with Crippen molar-refractivity contribution < 1.29 is 19.8 Å². The number of carbonyl (C=O) groups is 2. The zero-order chi connectivity index (χ0) is 21.1. The van der Waals surface area contributed by atoms with Gasteiger partial charge in [0.05, 0.1) is 5.69 Å². The van der Waals surface area contributed by atoms with Crippen molar-refractivity contribution >= 4 is 11.8 Å². The monoisotopic (exact) mass is 402 g/mol. The molecular weight excluding hydrogens is 372 g/mol. The molecule has 0 aliphatic rings. The Morgan fingerprint density at radius 1 is 0.897 bits per heavy atom. The zero-order valence-electron chi connectivity index (χ0n) is 16.7. The van der Waals surface area contributed by atoms with E-state index in [0.717, 1.165) is 44.9 Å². The van der Waals surface area contributed by atoms with Gasteiger partial charge in [0, 0.05) is 13.0 Å². The molecule has 0 spiro atoms. The second-order valence-corrected chi connectivity index (χ2v) is 7.32. The van der Waals surface area contributed by atoms with E-state index in [1.54, 1.807) is 4.57 Å². The number of hydrogen-bond donors (Lipinski definition) is 3. The lowest BCUT2D eigenvalue weighted by atomic mass is 10.1. The number of nitrogens with zero attached hydrogens (tertiary/aromatic N) is 1. The van der Waals surface area contributed by atoms with Crippen molar-refractivity contribution in [3.8, 4) is 5.88 Å². The Hall–Kier alpha value is -2.83. The summed E-state index contributed by atoms with van der Waals surface area (Å²) in [6, 6.07) is 10.3. The molecule has 0 bridgehead atoms. The Morgan fingerprint density at radius 3 is 2.28 bits per heavy atom. The number of benzene rings is 1. The number of carbonyl (C=O) groups excluding carboxylic acids is 1. The predicted molar refractivity (Wildman–Crippen MR) is 110 cm³/mol. The number of aromatic hydroxyl groups is 1. The van der Waals surface area contributed by atoms with Crippen molar-refractivity contribution in [1.82, 2.24) is 9.55 Å². The van der Waals surface area contributed by atoms with E-state index >= 15 is 0 Å². The number of aliphatic carboxylic acids is 1. The zero-order valence-corrected chi connectivity index (χ0v) is 16.7. The molecule has 0 unspecified atom stereocenters. The molecule has 0 fully saturated rings. The van der Waals surface area contributed by atoms with Crippen LogP contribution in [0.5, 0.6) is 5.88 Å². The summed E-state index contributed by atoms with van der Waals surface area (Å²) in [6.45, 7) is 0.577. The molecule has 0 aliphatic carbocycles. The first kappa shape index (κ1) is 22.5. The van der Waals surface area contributed by atoms with E-state index in [9.17, 15) is 19.5 Å². The lowest BCUT2D eigenvalue weighted by Gasteiger charge is -2.08. The van der Waals surface area contributed by atoms with Crippen LogP contribution in [0, 0.1) is 0 Å². The second kappa shape index (κ2) is 11.9. The minimum absolute atomic E-state index is 0.0540. The number of unbranched alkanes of at least 4 members (excludes halogenated alkanes) is 5. The highest BCUT2D eigenvalue weighted by Crippen LogP contribution is 2.17. The average Bonchev–Trinajstić information content (AvgIpc) is 2.97. The lowest BCUT2D eigenvalue weighted by molar-refractivity contribution is -0.149. The number of ketones is 1. The van der Waals surface area contributed by atoms with E-state index < -0.39 is 11.8 Å². The second-order valence-electron chi connectivity index (χ2n) is 7.32. The van der Waals surface area contributed by atoms with Crippen LogP contribution in [0.2, 0.25) is 0 Å². The predicted octanol–water partition coefficient (Wildman–Crippen LogP) is 3.44.